The largest absolute Gasteiger partial charge is 0.486 e. The van der Waals surface area contributed by atoms with Crippen LogP contribution in [-0.4, -0.2) is 26.0 Å². The van der Waals surface area contributed by atoms with Crippen molar-refractivity contribution in [2.75, 3.05) is 11.2 Å². The van der Waals surface area contributed by atoms with Gasteiger partial charge >= 0.3 is 0 Å². The van der Waals surface area contributed by atoms with Crippen LogP contribution in [0.5, 0.6) is 5.75 Å². The van der Waals surface area contributed by atoms with Crippen molar-refractivity contribution in [1.82, 2.24) is 14.9 Å². The molecule has 1 heterocycles. The van der Waals surface area contributed by atoms with E-state index in [0.717, 1.165) is 0 Å². The number of nitrogens with zero attached hydrogens (tertiary/aromatic N) is 4. The van der Waals surface area contributed by atoms with Crippen molar-refractivity contribution in [2.24, 2.45) is 0 Å². The van der Waals surface area contributed by atoms with E-state index in [0.29, 0.717) is 33.9 Å². The van der Waals surface area contributed by atoms with Crippen LogP contribution in [0.25, 0.3) is 0 Å². The fourth-order valence-electron chi connectivity index (χ4n) is 2.72. The summed E-state index contributed by atoms with van der Waals surface area (Å²) in [6.07, 6.45) is 0. The lowest BCUT2D eigenvalue weighted by atomic mass is 10.0. The molecule has 0 spiro atoms. The highest BCUT2D eigenvalue weighted by atomic mass is 35.5. The monoisotopic (exact) mass is 470 g/mol. The third kappa shape index (κ3) is 5.72. The molecule has 0 aliphatic carbocycles. The molecule has 1 unspecified atom stereocenters. The summed E-state index contributed by atoms with van der Waals surface area (Å²) >= 11 is 7.18. The molecule has 0 aliphatic heterocycles. The number of nitrogen functional groups attached to an aromatic ring is 1. The number of rotatable bonds is 8. The zero-order valence-corrected chi connectivity index (χ0v) is 19.4. The van der Waals surface area contributed by atoms with Crippen LogP contribution >= 0.6 is 23.4 Å². The summed E-state index contributed by atoms with van der Waals surface area (Å²) in [4.78, 5) is 12.5. The van der Waals surface area contributed by atoms with Crippen LogP contribution < -0.4 is 15.9 Å². The number of hydrogen-bond acceptors (Lipinski definition) is 7. The Labute approximate surface area is 195 Å². The Morgan fingerprint density at radius 1 is 1.25 bits per heavy atom. The van der Waals surface area contributed by atoms with Gasteiger partial charge in [0.2, 0.25) is 11.1 Å². The van der Waals surface area contributed by atoms with Crippen LogP contribution in [0.4, 0.5) is 5.69 Å². The molecule has 0 bridgehead atoms. The molecule has 0 radical (unpaired) electrons. The second kappa shape index (κ2) is 10.4. The number of amides is 1. The maximum atomic E-state index is 12.5. The molecular weight excluding hydrogens is 448 g/mol. The summed E-state index contributed by atoms with van der Waals surface area (Å²) < 4.78 is 7.07. The second-order valence-corrected chi connectivity index (χ2v) is 9.05. The molecule has 1 aromatic heterocycles. The number of halogens is 1. The van der Waals surface area contributed by atoms with E-state index in [-0.39, 0.29) is 17.5 Å². The van der Waals surface area contributed by atoms with Crippen LogP contribution in [0.1, 0.15) is 43.6 Å². The maximum absolute atomic E-state index is 12.5. The highest BCUT2D eigenvalue weighted by Crippen LogP contribution is 2.25. The van der Waals surface area contributed by atoms with Gasteiger partial charge in [0.05, 0.1) is 15.8 Å². The first-order valence-electron chi connectivity index (χ1n) is 9.87. The summed E-state index contributed by atoms with van der Waals surface area (Å²) in [5.74, 6) is 7.43. The Hall–Kier alpha value is -3.22. The molecule has 0 fully saturated rings. The number of nitriles is 1. The van der Waals surface area contributed by atoms with Crippen molar-refractivity contribution in [2.45, 2.75) is 43.7 Å². The molecule has 2 aromatic carbocycles. The molecule has 3 aromatic rings. The van der Waals surface area contributed by atoms with Gasteiger partial charge in [0.1, 0.15) is 18.4 Å². The molecular formula is C22H23ClN6O2S. The maximum Gasteiger partial charge on any atom is 0.237 e. The second-order valence-electron chi connectivity index (χ2n) is 7.34. The number of thioether (sulfide) groups is 1. The number of hydrogen-bond donors (Lipinski definition) is 2. The molecule has 3 rings (SSSR count). The quantitative estimate of drug-likeness (QED) is 0.371. The highest BCUT2D eigenvalue weighted by Gasteiger charge is 2.20. The average Bonchev–Trinajstić information content (AvgIpc) is 3.11. The van der Waals surface area contributed by atoms with Gasteiger partial charge in [-0.3, -0.25) is 4.79 Å². The van der Waals surface area contributed by atoms with Gasteiger partial charge in [-0.1, -0.05) is 49.3 Å². The minimum Gasteiger partial charge on any atom is -0.486 e. The van der Waals surface area contributed by atoms with Gasteiger partial charge in [0, 0.05) is 5.69 Å². The lowest BCUT2D eigenvalue weighted by Crippen LogP contribution is -2.24. The van der Waals surface area contributed by atoms with Gasteiger partial charge in [-0.05, 0) is 48.7 Å². The predicted octanol–water partition coefficient (Wildman–Crippen LogP) is 4.34. The molecule has 1 atom stereocenters. The van der Waals surface area contributed by atoms with Gasteiger partial charge < -0.3 is 15.9 Å². The van der Waals surface area contributed by atoms with Gasteiger partial charge in [-0.2, -0.15) is 5.26 Å². The van der Waals surface area contributed by atoms with Crippen LogP contribution in [0.15, 0.2) is 47.6 Å². The van der Waals surface area contributed by atoms with E-state index in [4.69, 9.17) is 27.4 Å². The van der Waals surface area contributed by atoms with Crippen LogP contribution in [0.2, 0.25) is 5.02 Å². The zero-order valence-electron chi connectivity index (χ0n) is 17.9. The Morgan fingerprint density at radius 2 is 1.97 bits per heavy atom. The first-order chi connectivity index (χ1) is 15.3. The van der Waals surface area contributed by atoms with Gasteiger partial charge in [-0.15, -0.1) is 10.2 Å². The summed E-state index contributed by atoms with van der Waals surface area (Å²) in [5, 5.41) is 20.0. The van der Waals surface area contributed by atoms with Crippen molar-refractivity contribution in [3.05, 3.63) is 64.4 Å². The zero-order chi connectivity index (χ0) is 23.3. The molecule has 10 heteroatoms. The third-order valence-corrected chi connectivity index (χ3v) is 6.03. The Morgan fingerprint density at radius 3 is 2.59 bits per heavy atom. The molecule has 166 valence electrons. The van der Waals surface area contributed by atoms with Gasteiger partial charge in [-0.25, -0.2) is 4.68 Å². The number of benzene rings is 2. The molecule has 0 aliphatic rings. The van der Waals surface area contributed by atoms with Gasteiger partial charge in [0.15, 0.2) is 5.82 Å². The van der Waals surface area contributed by atoms with E-state index in [1.54, 1.807) is 19.1 Å². The summed E-state index contributed by atoms with van der Waals surface area (Å²) in [6, 6.07) is 14.5. The van der Waals surface area contributed by atoms with Crippen molar-refractivity contribution in [3.63, 3.8) is 0 Å². The standard InChI is InChI=1S/C22H23ClN6O2S/c1-13(2)15-5-8-18(9-6-15)31-12-20-27-28-22(29(20)25)32-14(3)21(30)26-17-7-4-16(11-24)19(23)10-17/h4-10,13-14H,12,25H2,1-3H3,(H,26,30). The van der Waals surface area contributed by atoms with Crippen molar-refractivity contribution >= 4 is 35.0 Å². The number of aromatic nitrogens is 3. The van der Waals surface area contributed by atoms with E-state index >= 15 is 0 Å². The summed E-state index contributed by atoms with van der Waals surface area (Å²) in [5.41, 5.74) is 2.07. The third-order valence-electron chi connectivity index (χ3n) is 4.66. The number of carbonyl (C=O) groups is 1. The smallest absolute Gasteiger partial charge is 0.237 e. The van der Waals surface area contributed by atoms with Crippen molar-refractivity contribution in [1.29, 1.82) is 5.26 Å². The average molecular weight is 471 g/mol. The topological polar surface area (TPSA) is 119 Å². The summed E-state index contributed by atoms with van der Waals surface area (Å²) in [7, 11) is 0. The van der Waals surface area contributed by atoms with E-state index < -0.39 is 5.25 Å². The fraction of sp³-hybridized carbons (Fsp3) is 0.273. The summed E-state index contributed by atoms with van der Waals surface area (Å²) in [6.45, 7) is 6.14. The first kappa shape index (κ1) is 23.4. The fourth-order valence-corrected chi connectivity index (χ4v) is 3.73. The molecule has 32 heavy (non-hydrogen) atoms. The highest BCUT2D eigenvalue weighted by molar-refractivity contribution is 8.00. The normalized spacial score (nSPS) is 11.8. The van der Waals surface area contributed by atoms with E-state index in [9.17, 15) is 4.79 Å². The number of nitrogens with one attached hydrogen (secondary N) is 1. The Kier molecular flexibility index (Phi) is 7.62. The van der Waals surface area contributed by atoms with E-state index in [1.165, 1.54) is 28.1 Å². The van der Waals surface area contributed by atoms with Gasteiger partial charge in [0.25, 0.3) is 0 Å². The minimum atomic E-state index is -0.506. The SMILES string of the molecule is CC(Sc1nnc(COc2ccc(C(C)C)cc2)n1N)C(=O)Nc1ccc(C#N)c(Cl)c1. The Bertz CT molecular complexity index is 1140. The number of nitrogens with two attached hydrogens (primary N) is 1. The lowest BCUT2D eigenvalue weighted by Gasteiger charge is -2.12. The number of anilines is 1. The minimum absolute atomic E-state index is 0.148. The van der Waals surface area contributed by atoms with E-state index in [2.05, 4.69) is 29.4 Å². The lowest BCUT2D eigenvalue weighted by molar-refractivity contribution is -0.115. The van der Waals surface area contributed by atoms with Crippen LogP contribution in [0, 0.1) is 11.3 Å². The first-order valence-corrected chi connectivity index (χ1v) is 11.1. The number of carbonyl (C=O) groups excluding carboxylic acids is 1. The molecule has 3 N–H and O–H groups in total. The predicted molar refractivity (Wildman–Crippen MR) is 125 cm³/mol. The Balaban J connectivity index is 1.57. The molecule has 0 saturated heterocycles. The van der Waals surface area contributed by atoms with E-state index in [1.807, 2.05) is 30.3 Å². The molecule has 8 nitrogen and oxygen atoms in total. The van der Waals surface area contributed by atoms with Crippen molar-refractivity contribution in [3.8, 4) is 11.8 Å². The van der Waals surface area contributed by atoms with Crippen LogP contribution in [-0.2, 0) is 11.4 Å². The van der Waals surface area contributed by atoms with Crippen LogP contribution in [0.3, 0.4) is 0 Å². The molecule has 0 saturated carbocycles. The molecule has 1 amide bonds. The number of ether oxygens (including phenoxy) is 1. The van der Waals surface area contributed by atoms with Crippen molar-refractivity contribution < 1.29 is 9.53 Å².